The van der Waals surface area contributed by atoms with E-state index in [2.05, 4.69) is 14.8 Å². The Labute approximate surface area is 178 Å². The predicted octanol–water partition coefficient (Wildman–Crippen LogP) is 2.88. The molecule has 1 saturated carbocycles. The van der Waals surface area contributed by atoms with Crippen LogP contribution in [0.5, 0.6) is 0 Å². The van der Waals surface area contributed by atoms with E-state index in [9.17, 15) is 8.42 Å². The van der Waals surface area contributed by atoms with Crippen molar-refractivity contribution >= 4 is 16.0 Å². The zero-order valence-electron chi connectivity index (χ0n) is 17.2. The van der Waals surface area contributed by atoms with Crippen LogP contribution in [0.4, 0.5) is 0 Å². The fourth-order valence-electron chi connectivity index (χ4n) is 4.54. The minimum Gasteiger partial charge on any atom is -0.339 e. The molecule has 2 aromatic carbocycles. The third-order valence-electron chi connectivity index (χ3n) is 6.50. The topological polar surface area (TPSA) is 56.2 Å². The summed E-state index contributed by atoms with van der Waals surface area (Å²) in [6.07, 6.45) is 3.95. The number of piperazine rings is 1. The molecular weight excluding hydrogens is 396 g/mol. The van der Waals surface area contributed by atoms with Crippen LogP contribution in [0.15, 0.2) is 64.5 Å². The highest BCUT2D eigenvalue weighted by Gasteiger charge is 2.36. The van der Waals surface area contributed by atoms with Crippen molar-refractivity contribution in [1.29, 1.82) is 0 Å². The maximum absolute atomic E-state index is 13.5. The lowest BCUT2D eigenvalue weighted by Gasteiger charge is -2.44. The van der Waals surface area contributed by atoms with E-state index in [0.717, 1.165) is 43.3 Å². The van der Waals surface area contributed by atoms with E-state index in [1.54, 1.807) is 12.1 Å². The molecule has 2 fully saturated rings. The highest BCUT2D eigenvalue weighted by atomic mass is 32.2. The normalized spacial score (nSPS) is 20.9. The van der Waals surface area contributed by atoms with E-state index < -0.39 is 10.0 Å². The van der Waals surface area contributed by atoms with E-state index in [0.29, 0.717) is 23.9 Å². The lowest BCUT2D eigenvalue weighted by Crippen LogP contribution is -2.56. The van der Waals surface area contributed by atoms with Gasteiger partial charge in [-0.1, -0.05) is 48.9 Å². The molecule has 0 aromatic heterocycles. The van der Waals surface area contributed by atoms with Crippen molar-refractivity contribution in [3.8, 4) is 11.1 Å². The van der Waals surface area contributed by atoms with Gasteiger partial charge in [0.1, 0.15) is 0 Å². The summed E-state index contributed by atoms with van der Waals surface area (Å²) in [5.74, 6) is 0.619. The average Bonchev–Trinajstić information content (AvgIpc) is 3.25. The van der Waals surface area contributed by atoms with Gasteiger partial charge in [0.05, 0.1) is 18.0 Å². The van der Waals surface area contributed by atoms with Crippen LogP contribution >= 0.6 is 0 Å². The maximum atomic E-state index is 13.5. The van der Waals surface area contributed by atoms with E-state index in [-0.39, 0.29) is 0 Å². The van der Waals surface area contributed by atoms with Crippen LogP contribution in [0.1, 0.15) is 19.3 Å². The summed E-state index contributed by atoms with van der Waals surface area (Å²) in [6, 6.07) is 17.8. The van der Waals surface area contributed by atoms with E-state index >= 15 is 0 Å². The van der Waals surface area contributed by atoms with E-state index in [4.69, 9.17) is 0 Å². The smallest absolute Gasteiger partial charge is 0.266 e. The molecule has 2 aromatic rings. The number of benzene rings is 2. The minimum absolute atomic E-state index is 0.326. The summed E-state index contributed by atoms with van der Waals surface area (Å²) in [7, 11) is -3.64. The second-order valence-electron chi connectivity index (χ2n) is 8.26. The van der Waals surface area contributed by atoms with Crippen molar-refractivity contribution in [2.45, 2.75) is 30.2 Å². The van der Waals surface area contributed by atoms with Crippen molar-refractivity contribution in [3.63, 3.8) is 0 Å². The Balaban J connectivity index is 1.35. The van der Waals surface area contributed by atoms with Gasteiger partial charge in [0, 0.05) is 32.2 Å². The lowest BCUT2D eigenvalue weighted by molar-refractivity contribution is 0.0833. The van der Waals surface area contributed by atoms with Gasteiger partial charge in [-0.05, 0) is 36.1 Å². The average molecular weight is 425 g/mol. The molecule has 5 rings (SSSR count). The largest absolute Gasteiger partial charge is 0.339 e. The van der Waals surface area contributed by atoms with Crippen molar-refractivity contribution in [2.24, 2.45) is 4.99 Å². The Morgan fingerprint density at radius 2 is 1.57 bits per heavy atom. The third kappa shape index (κ3) is 3.61. The number of rotatable bonds is 4. The zero-order valence-corrected chi connectivity index (χ0v) is 18.0. The molecule has 1 saturated heterocycles. The lowest BCUT2D eigenvalue weighted by atomic mass is 9.91. The molecule has 2 heterocycles. The van der Waals surface area contributed by atoms with Crippen molar-refractivity contribution < 1.29 is 8.42 Å². The molecule has 0 spiro atoms. The summed E-state index contributed by atoms with van der Waals surface area (Å²) < 4.78 is 28.5. The first-order chi connectivity index (χ1) is 14.6. The van der Waals surface area contributed by atoms with Gasteiger partial charge in [-0.3, -0.25) is 9.89 Å². The van der Waals surface area contributed by atoms with Gasteiger partial charge in [0.15, 0.2) is 0 Å². The molecule has 158 valence electrons. The van der Waals surface area contributed by atoms with Crippen molar-refractivity contribution in [2.75, 3.05) is 39.3 Å². The van der Waals surface area contributed by atoms with E-state index in [1.807, 2.05) is 42.5 Å². The number of hydrogen-bond donors (Lipinski definition) is 0. The molecule has 0 atom stereocenters. The molecule has 0 amide bonds. The van der Waals surface area contributed by atoms with Gasteiger partial charge in [-0.25, -0.2) is 12.7 Å². The molecule has 0 N–H and O–H groups in total. The maximum Gasteiger partial charge on any atom is 0.266 e. The Morgan fingerprint density at radius 3 is 2.27 bits per heavy atom. The number of nitrogens with zero attached hydrogens (tertiary/aromatic N) is 4. The first-order valence-electron chi connectivity index (χ1n) is 10.8. The molecule has 7 heteroatoms. The zero-order chi connectivity index (χ0) is 20.6. The van der Waals surface area contributed by atoms with Crippen LogP contribution < -0.4 is 0 Å². The summed E-state index contributed by atoms with van der Waals surface area (Å²) in [6.45, 7) is 4.59. The summed E-state index contributed by atoms with van der Waals surface area (Å²) in [4.78, 5) is 9.62. The summed E-state index contributed by atoms with van der Waals surface area (Å²) in [5, 5.41) is 0. The van der Waals surface area contributed by atoms with Gasteiger partial charge >= 0.3 is 0 Å². The fourth-order valence-corrected chi connectivity index (χ4v) is 6.03. The molecule has 2 aliphatic heterocycles. The van der Waals surface area contributed by atoms with Crippen LogP contribution in [-0.4, -0.2) is 73.8 Å². The molecule has 30 heavy (non-hydrogen) atoms. The van der Waals surface area contributed by atoms with E-state index in [1.165, 1.54) is 23.6 Å². The van der Waals surface area contributed by atoms with Crippen LogP contribution in [0.2, 0.25) is 0 Å². The molecule has 3 aliphatic rings. The van der Waals surface area contributed by atoms with Gasteiger partial charge in [0.25, 0.3) is 10.0 Å². The first kappa shape index (κ1) is 19.6. The van der Waals surface area contributed by atoms with Crippen molar-refractivity contribution in [1.82, 2.24) is 14.1 Å². The number of guanidine groups is 1. The Bertz CT molecular complexity index is 1030. The fraction of sp³-hybridized carbons (Fsp3) is 0.435. The number of hydrogen-bond acceptors (Lipinski definition) is 5. The van der Waals surface area contributed by atoms with Gasteiger partial charge in [-0.15, -0.1) is 0 Å². The third-order valence-corrected chi connectivity index (χ3v) is 8.27. The SMILES string of the molecule is O=S(=O)(c1cccc(-c2ccccc2)c1)N1CCN=C1N1CCN(C2CCC2)CC1. The van der Waals surface area contributed by atoms with Gasteiger partial charge in [0.2, 0.25) is 5.96 Å². The second kappa shape index (κ2) is 8.04. The molecule has 0 radical (unpaired) electrons. The van der Waals surface area contributed by atoms with Gasteiger partial charge in [-0.2, -0.15) is 0 Å². The van der Waals surface area contributed by atoms with Crippen molar-refractivity contribution in [3.05, 3.63) is 54.6 Å². The Kier molecular flexibility index (Phi) is 5.25. The highest BCUT2D eigenvalue weighted by Crippen LogP contribution is 2.28. The molecule has 6 nitrogen and oxygen atoms in total. The summed E-state index contributed by atoms with van der Waals surface area (Å²) in [5.41, 5.74) is 1.92. The Hall–Kier alpha value is -2.38. The standard InChI is InChI=1S/C23H28N4O2S/c28-30(29,22-11-4-8-20(18-22)19-6-2-1-3-7-19)27-13-12-24-23(27)26-16-14-25(15-17-26)21-9-5-10-21/h1-4,6-8,11,18,21H,5,9-10,12-17H2. The number of sulfonamides is 1. The number of aliphatic imine (C=N–C) groups is 1. The summed E-state index contributed by atoms with van der Waals surface area (Å²) >= 11 is 0. The molecule has 0 bridgehead atoms. The highest BCUT2D eigenvalue weighted by molar-refractivity contribution is 7.89. The Morgan fingerprint density at radius 1 is 0.833 bits per heavy atom. The first-order valence-corrected chi connectivity index (χ1v) is 12.3. The van der Waals surface area contributed by atoms with Gasteiger partial charge < -0.3 is 4.90 Å². The second-order valence-corrected chi connectivity index (χ2v) is 10.1. The van der Waals surface area contributed by atoms with Crippen LogP contribution in [-0.2, 0) is 10.0 Å². The van der Waals surface area contributed by atoms with Crippen LogP contribution in [0, 0.1) is 0 Å². The quantitative estimate of drug-likeness (QED) is 0.757. The molecule has 0 unspecified atom stereocenters. The predicted molar refractivity (Wildman–Crippen MR) is 119 cm³/mol. The monoisotopic (exact) mass is 424 g/mol. The molecular formula is C23H28N4O2S. The van der Waals surface area contributed by atoms with Crippen LogP contribution in [0.25, 0.3) is 11.1 Å². The minimum atomic E-state index is -3.64. The molecule has 1 aliphatic carbocycles. The van der Waals surface area contributed by atoms with Crippen LogP contribution in [0.3, 0.4) is 0 Å².